The predicted octanol–water partition coefficient (Wildman–Crippen LogP) is 11.5. The number of rotatable bonds is 3. The maximum Gasteiger partial charge on any atom is 0.162 e. The molecule has 0 unspecified atom stereocenters. The molecule has 10 aromatic rings. The Bertz CT molecular complexity index is 2950. The van der Waals surface area contributed by atoms with Gasteiger partial charge in [-0.25, -0.2) is 9.97 Å². The highest BCUT2D eigenvalue weighted by Gasteiger charge is 2.25. The number of fused-ring (bicyclic) bond motifs is 2. The van der Waals surface area contributed by atoms with Crippen molar-refractivity contribution in [3.63, 3.8) is 0 Å². The van der Waals surface area contributed by atoms with Crippen molar-refractivity contribution >= 4 is 65.0 Å². The minimum absolute atomic E-state index is 0.718. The molecule has 47 heavy (non-hydrogen) atoms. The molecule has 1 aliphatic rings. The minimum Gasteiger partial charge on any atom is -0.308 e. The summed E-state index contributed by atoms with van der Waals surface area (Å²) in [7, 11) is 0. The normalized spacial score (nSPS) is 12.3. The van der Waals surface area contributed by atoms with E-state index in [4.69, 9.17) is 9.97 Å². The minimum atomic E-state index is 0.718. The lowest BCUT2D eigenvalue weighted by Crippen LogP contribution is -2.01. The monoisotopic (exact) mass is 595 g/mol. The molecule has 0 atom stereocenters. The molecule has 0 saturated carbocycles. The Balaban J connectivity index is 1.30. The molecule has 0 radical (unpaired) electrons. The Morgan fingerprint density at radius 1 is 0.383 bits per heavy atom. The fourth-order valence-corrected chi connectivity index (χ4v) is 8.14. The van der Waals surface area contributed by atoms with Crippen molar-refractivity contribution in [2.45, 2.75) is 0 Å². The van der Waals surface area contributed by atoms with Crippen molar-refractivity contribution in [2.75, 3.05) is 0 Å². The summed E-state index contributed by atoms with van der Waals surface area (Å²) in [4.78, 5) is 10.5. The van der Waals surface area contributed by atoms with Crippen LogP contribution in [-0.4, -0.2) is 14.5 Å². The van der Waals surface area contributed by atoms with Crippen LogP contribution in [0.2, 0.25) is 0 Å². The summed E-state index contributed by atoms with van der Waals surface area (Å²) < 4.78 is 2.45. The van der Waals surface area contributed by atoms with Crippen molar-refractivity contribution in [3.8, 4) is 39.5 Å². The molecule has 0 fully saturated rings. The number of benzene rings is 8. The first kappa shape index (κ1) is 24.9. The molecule has 0 amide bonds. The summed E-state index contributed by atoms with van der Waals surface area (Å²) >= 11 is 0. The second kappa shape index (κ2) is 9.12. The zero-order valence-electron chi connectivity index (χ0n) is 25.3. The van der Waals surface area contributed by atoms with Crippen LogP contribution in [0.3, 0.4) is 0 Å². The van der Waals surface area contributed by atoms with Gasteiger partial charge in [0.05, 0.1) is 27.9 Å². The quantitative estimate of drug-likeness (QED) is 0.190. The lowest BCUT2D eigenvalue weighted by Gasteiger charge is -2.16. The molecule has 0 spiro atoms. The maximum atomic E-state index is 5.30. The SMILES string of the molecule is c1ccc(-c2nc(-c3ccccc3-n3c4ccc5cccc6c5c4c4c5c(ccc7cccc-6c75)ccc43)nc3ccccc23)cc1. The maximum absolute atomic E-state index is 5.30. The van der Waals surface area contributed by atoms with Crippen molar-refractivity contribution in [1.29, 1.82) is 0 Å². The molecule has 2 aromatic heterocycles. The second-order valence-electron chi connectivity index (χ2n) is 12.5. The van der Waals surface area contributed by atoms with E-state index in [1.807, 2.05) is 6.07 Å². The number of hydrogen-bond donors (Lipinski definition) is 0. The van der Waals surface area contributed by atoms with E-state index in [0.717, 1.165) is 39.2 Å². The first-order valence-electron chi connectivity index (χ1n) is 16.1. The first-order valence-corrected chi connectivity index (χ1v) is 16.1. The highest BCUT2D eigenvalue weighted by Crippen LogP contribution is 2.50. The summed E-state index contributed by atoms with van der Waals surface area (Å²) in [5, 5.41) is 11.4. The van der Waals surface area contributed by atoms with Crippen LogP contribution < -0.4 is 0 Å². The molecule has 1 aliphatic carbocycles. The van der Waals surface area contributed by atoms with Crippen LogP contribution in [0.5, 0.6) is 0 Å². The van der Waals surface area contributed by atoms with Gasteiger partial charge in [0.25, 0.3) is 0 Å². The van der Waals surface area contributed by atoms with Gasteiger partial charge in [-0.2, -0.15) is 0 Å². The molecule has 0 N–H and O–H groups in total. The fraction of sp³-hybridized carbons (Fsp3) is 0. The lowest BCUT2D eigenvalue weighted by atomic mass is 9.93. The van der Waals surface area contributed by atoms with Crippen LogP contribution >= 0.6 is 0 Å². The third-order valence-electron chi connectivity index (χ3n) is 10.1. The van der Waals surface area contributed by atoms with Gasteiger partial charge in [0.2, 0.25) is 0 Å². The van der Waals surface area contributed by atoms with Gasteiger partial charge in [-0.15, -0.1) is 0 Å². The van der Waals surface area contributed by atoms with Gasteiger partial charge in [-0.3, -0.25) is 0 Å². The molecule has 0 aliphatic heterocycles. The van der Waals surface area contributed by atoms with E-state index in [2.05, 4.69) is 150 Å². The van der Waals surface area contributed by atoms with Gasteiger partial charge in [0.1, 0.15) is 0 Å². The van der Waals surface area contributed by atoms with E-state index in [0.29, 0.717) is 0 Å². The Morgan fingerprint density at radius 3 is 1.72 bits per heavy atom. The van der Waals surface area contributed by atoms with E-state index in [1.54, 1.807) is 0 Å². The van der Waals surface area contributed by atoms with Crippen molar-refractivity contribution in [3.05, 3.63) is 152 Å². The second-order valence-corrected chi connectivity index (χ2v) is 12.5. The average Bonchev–Trinajstić information content (AvgIpc) is 3.41. The Hall–Kier alpha value is -6.32. The van der Waals surface area contributed by atoms with Crippen LogP contribution in [0.15, 0.2) is 152 Å². The third kappa shape index (κ3) is 3.30. The van der Waals surface area contributed by atoms with Crippen molar-refractivity contribution < 1.29 is 0 Å². The molecule has 3 heteroatoms. The van der Waals surface area contributed by atoms with Crippen molar-refractivity contribution in [1.82, 2.24) is 14.5 Å². The highest BCUT2D eigenvalue weighted by atomic mass is 15.0. The zero-order chi connectivity index (χ0) is 30.6. The van der Waals surface area contributed by atoms with E-state index in [9.17, 15) is 0 Å². The highest BCUT2D eigenvalue weighted by molar-refractivity contribution is 6.38. The molecular weight excluding hydrogens is 571 g/mol. The van der Waals surface area contributed by atoms with E-state index < -0.39 is 0 Å². The Labute approximate surface area is 270 Å². The Morgan fingerprint density at radius 2 is 0.957 bits per heavy atom. The summed E-state index contributed by atoms with van der Waals surface area (Å²) in [5.41, 5.74) is 10.0. The van der Waals surface area contributed by atoms with E-state index >= 15 is 0 Å². The van der Waals surface area contributed by atoms with Crippen LogP contribution in [-0.2, 0) is 0 Å². The third-order valence-corrected chi connectivity index (χ3v) is 10.1. The summed E-state index contributed by atoms with van der Waals surface area (Å²) in [6.07, 6.45) is 0. The molecule has 0 bridgehead atoms. The summed E-state index contributed by atoms with van der Waals surface area (Å²) in [6, 6.07) is 54.6. The molecule has 216 valence electrons. The molecule has 3 nitrogen and oxygen atoms in total. The van der Waals surface area contributed by atoms with Gasteiger partial charge in [0, 0.05) is 32.7 Å². The first-order chi connectivity index (χ1) is 23.3. The number of para-hydroxylation sites is 2. The fourth-order valence-electron chi connectivity index (χ4n) is 8.14. The summed E-state index contributed by atoms with van der Waals surface area (Å²) in [5.74, 6) is 0.718. The molecular formula is C44H25N3. The van der Waals surface area contributed by atoms with Gasteiger partial charge in [-0.1, -0.05) is 121 Å². The van der Waals surface area contributed by atoms with Gasteiger partial charge < -0.3 is 4.57 Å². The molecule has 8 aromatic carbocycles. The standard InChI is InChI=1S/C44H25N3/c1-2-10-29(11-3-1)43-32-14-4-6-18-34(32)45-44(46-43)33-15-5-7-19-35(33)47-36-24-22-27-13-9-17-31-30-16-8-12-26-20-21-28-23-25-37(47)42(40(28)38(26)30)41(36)39(27)31/h1-25H. The summed E-state index contributed by atoms with van der Waals surface area (Å²) in [6.45, 7) is 0. The topological polar surface area (TPSA) is 30.7 Å². The van der Waals surface area contributed by atoms with Crippen LogP contribution in [0.1, 0.15) is 0 Å². The largest absolute Gasteiger partial charge is 0.308 e. The molecule has 2 heterocycles. The zero-order valence-corrected chi connectivity index (χ0v) is 25.3. The molecule has 0 saturated heterocycles. The van der Waals surface area contributed by atoms with E-state index in [1.165, 1.54) is 65.3 Å². The predicted molar refractivity (Wildman–Crippen MR) is 196 cm³/mol. The molecule has 11 rings (SSSR count). The van der Waals surface area contributed by atoms with Crippen molar-refractivity contribution in [2.24, 2.45) is 0 Å². The smallest absolute Gasteiger partial charge is 0.162 e. The van der Waals surface area contributed by atoms with E-state index in [-0.39, 0.29) is 0 Å². The number of aromatic nitrogens is 3. The lowest BCUT2D eigenvalue weighted by molar-refractivity contribution is 1.15. The van der Waals surface area contributed by atoms with Crippen LogP contribution in [0, 0.1) is 0 Å². The average molecular weight is 596 g/mol. The number of nitrogens with zero attached hydrogens (tertiary/aromatic N) is 3. The van der Waals surface area contributed by atoms with Gasteiger partial charge >= 0.3 is 0 Å². The van der Waals surface area contributed by atoms with Crippen LogP contribution in [0.25, 0.3) is 104 Å². The van der Waals surface area contributed by atoms with Gasteiger partial charge in [0.15, 0.2) is 5.82 Å². The van der Waals surface area contributed by atoms with Crippen LogP contribution in [0.4, 0.5) is 0 Å². The van der Waals surface area contributed by atoms with Gasteiger partial charge in [-0.05, 0) is 68.4 Å². The number of hydrogen-bond acceptors (Lipinski definition) is 2. The Kier molecular flexibility index (Phi) is 4.84.